The van der Waals surface area contributed by atoms with E-state index in [2.05, 4.69) is 6.92 Å². The number of hydrogen-bond donors (Lipinski definition) is 1. The van der Waals surface area contributed by atoms with Crippen molar-refractivity contribution in [3.8, 4) is 11.8 Å². The molecule has 1 aromatic carbocycles. The molecule has 0 aliphatic carbocycles. The van der Waals surface area contributed by atoms with Crippen LogP contribution in [-0.2, 0) is 0 Å². The van der Waals surface area contributed by atoms with Gasteiger partial charge in [-0.15, -0.1) is 0 Å². The molecular formula is C13H15NO3. The van der Waals surface area contributed by atoms with Crippen molar-refractivity contribution in [2.45, 2.75) is 26.2 Å². The maximum absolute atomic E-state index is 10.8. The largest absolute Gasteiger partial charge is 0.494 e. The van der Waals surface area contributed by atoms with Crippen molar-refractivity contribution in [1.29, 1.82) is 5.26 Å². The van der Waals surface area contributed by atoms with E-state index in [1.54, 1.807) is 6.07 Å². The smallest absolute Gasteiger partial charge is 0.337 e. The van der Waals surface area contributed by atoms with Gasteiger partial charge in [0.05, 0.1) is 17.7 Å². The van der Waals surface area contributed by atoms with Crippen LogP contribution in [0.1, 0.15) is 42.1 Å². The molecule has 0 spiro atoms. The van der Waals surface area contributed by atoms with Crippen LogP contribution in [0.5, 0.6) is 5.75 Å². The molecule has 0 atom stereocenters. The first-order valence-electron chi connectivity index (χ1n) is 5.59. The third kappa shape index (κ3) is 3.80. The fraction of sp³-hybridized carbons (Fsp3) is 0.385. The molecule has 0 aliphatic rings. The van der Waals surface area contributed by atoms with Gasteiger partial charge >= 0.3 is 5.97 Å². The van der Waals surface area contributed by atoms with Crippen molar-refractivity contribution in [3.63, 3.8) is 0 Å². The summed E-state index contributed by atoms with van der Waals surface area (Å²) >= 11 is 0. The molecule has 0 bridgehead atoms. The molecule has 0 fully saturated rings. The van der Waals surface area contributed by atoms with Crippen LogP contribution in [0.4, 0.5) is 0 Å². The average Bonchev–Trinajstić information content (AvgIpc) is 2.34. The van der Waals surface area contributed by atoms with Crippen LogP contribution in [0.25, 0.3) is 0 Å². The summed E-state index contributed by atoms with van der Waals surface area (Å²) in [6.07, 6.45) is 3.17. The summed E-state index contributed by atoms with van der Waals surface area (Å²) in [5, 5.41) is 17.7. The van der Waals surface area contributed by atoms with E-state index >= 15 is 0 Å². The molecule has 1 rings (SSSR count). The first kappa shape index (κ1) is 13.0. The van der Waals surface area contributed by atoms with Crippen molar-refractivity contribution in [1.82, 2.24) is 0 Å². The summed E-state index contributed by atoms with van der Waals surface area (Å²) in [4.78, 5) is 10.8. The van der Waals surface area contributed by atoms with Crippen molar-refractivity contribution in [2.75, 3.05) is 6.61 Å². The molecule has 0 radical (unpaired) electrons. The Morgan fingerprint density at radius 3 is 2.82 bits per heavy atom. The molecule has 4 heteroatoms. The number of ether oxygens (including phenoxy) is 1. The van der Waals surface area contributed by atoms with Gasteiger partial charge in [0.1, 0.15) is 11.8 Å². The van der Waals surface area contributed by atoms with Gasteiger partial charge in [-0.3, -0.25) is 0 Å². The lowest BCUT2D eigenvalue weighted by atomic mass is 10.1. The van der Waals surface area contributed by atoms with Crippen LogP contribution in [0.2, 0.25) is 0 Å². The van der Waals surface area contributed by atoms with Crippen LogP contribution >= 0.6 is 0 Å². The van der Waals surface area contributed by atoms with E-state index in [0.717, 1.165) is 19.3 Å². The van der Waals surface area contributed by atoms with Gasteiger partial charge in [-0.2, -0.15) is 5.26 Å². The van der Waals surface area contributed by atoms with E-state index in [0.29, 0.717) is 12.4 Å². The molecule has 0 aromatic heterocycles. The van der Waals surface area contributed by atoms with Gasteiger partial charge in [-0.05, 0) is 24.6 Å². The molecule has 1 aromatic rings. The average molecular weight is 233 g/mol. The number of carbonyl (C=O) groups is 1. The fourth-order valence-electron chi connectivity index (χ4n) is 1.43. The highest BCUT2D eigenvalue weighted by Gasteiger charge is 2.10. The molecule has 0 unspecified atom stereocenters. The van der Waals surface area contributed by atoms with Gasteiger partial charge in [-0.1, -0.05) is 19.8 Å². The lowest BCUT2D eigenvalue weighted by Crippen LogP contribution is -2.02. The van der Waals surface area contributed by atoms with E-state index in [1.807, 2.05) is 6.07 Å². The zero-order valence-corrected chi connectivity index (χ0v) is 9.77. The maximum Gasteiger partial charge on any atom is 0.337 e. The van der Waals surface area contributed by atoms with E-state index in [4.69, 9.17) is 15.1 Å². The lowest BCUT2D eigenvalue weighted by molar-refractivity contribution is 0.0696. The number of nitrogens with zero attached hydrogens (tertiary/aromatic N) is 1. The summed E-state index contributed by atoms with van der Waals surface area (Å²) in [5.41, 5.74) is 0.138. The molecule has 90 valence electrons. The van der Waals surface area contributed by atoms with Crippen LogP contribution in [0, 0.1) is 11.3 Å². The minimum atomic E-state index is -1.10. The Balaban J connectivity index is 2.70. The van der Waals surface area contributed by atoms with Gasteiger partial charge in [0, 0.05) is 0 Å². The molecular weight excluding hydrogens is 218 g/mol. The predicted molar refractivity (Wildman–Crippen MR) is 63.1 cm³/mol. The van der Waals surface area contributed by atoms with Gasteiger partial charge < -0.3 is 9.84 Å². The standard InChI is InChI=1S/C13H15NO3/c1-2-3-4-7-17-11-5-6-12(13(15)16)10(8-11)9-14/h5-6,8H,2-4,7H2,1H3,(H,15,16). The van der Waals surface area contributed by atoms with E-state index in [-0.39, 0.29) is 11.1 Å². The van der Waals surface area contributed by atoms with Crippen LogP contribution in [-0.4, -0.2) is 17.7 Å². The SMILES string of the molecule is CCCCCOc1ccc(C(=O)O)c(C#N)c1. The summed E-state index contributed by atoms with van der Waals surface area (Å²) in [7, 11) is 0. The zero-order chi connectivity index (χ0) is 12.7. The Hall–Kier alpha value is -2.02. The Morgan fingerprint density at radius 2 is 2.24 bits per heavy atom. The number of carboxylic acids is 1. The second-order valence-corrected chi connectivity index (χ2v) is 3.68. The monoisotopic (exact) mass is 233 g/mol. The Labute approximate surface area is 100 Å². The molecule has 0 heterocycles. The van der Waals surface area contributed by atoms with E-state index in [9.17, 15) is 4.79 Å². The van der Waals surface area contributed by atoms with Crippen LogP contribution < -0.4 is 4.74 Å². The zero-order valence-electron chi connectivity index (χ0n) is 9.77. The Kier molecular flexibility index (Phi) is 5.02. The van der Waals surface area contributed by atoms with Crippen molar-refractivity contribution >= 4 is 5.97 Å². The topological polar surface area (TPSA) is 70.3 Å². The molecule has 0 amide bonds. The second-order valence-electron chi connectivity index (χ2n) is 3.68. The Bertz CT molecular complexity index is 435. The number of aromatic carboxylic acids is 1. The highest BCUT2D eigenvalue weighted by molar-refractivity contribution is 5.90. The Morgan fingerprint density at radius 1 is 1.47 bits per heavy atom. The summed E-state index contributed by atoms with van der Waals surface area (Å²) in [6, 6.07) is 6.30. The van der Waals surface area contributed by atoms with E-state index < -0.39 is 5.97 Å². The first-order valence-corrected chi connectivity index (χ1v) is 5.59. The highest BCUT2D eigenvalue weighted by atomic mass is 16.5. The van der Waals surface area contributed by atoms with Gasteiger partial charge in [-0.25, -0.2) is 4.79 Å². The summed E-state index contributed by atoms with van der Waals surface area (Å²) < 4.78 is 5.44. The van der Waals surface area contributed by atoms with Crippen molar-refractivity contribution in [2.24, 2.45) is 0 Å². The van der Waals surface area contributed by atoms with Gasteiger partial charge in [0.15, 0.2) is 0 Å². The number of benzene rings is 1. The van der Waals surface area contributed by atoms with E-state index in [1.165, 1.54) is 12.1 Å². The predicted octanol–water partition coefficient (Wildman–Crippen LogP) is 2.83. The lowest BCUT2D eigenvalue weighted by Gasteiger charge is -2.06. The van der Waals surface area contributed by atoms with Gasteiger partial charge in [0.2, 0.25) is 0 Å². The molecule has 1 N–H and O–H groups in total. The summed E-state index contributed by atoms with van der Waals surface area (Å²) in [5.74, 6) is -0.554. The molecule has 0 saturated carbocycles. The summed E-state index contributed by atoms with van der Waals surface area (Å²) in [6.45, 7) is 2.70. The number of nitriles is 1. The number of hydrogen-bond acceptors (Lipinski definition) is 3. The quantitative estimate of drug-likeness (QED) is 0.767. The fourth-order valence-corrected chi connectivity index (χ4v) is 1.43. The number of rotatable bonds is 6. The molecule has 4 nitrogen and oxygen atoms in total. The third-order valence-corrected chi connectivity index (χ3v) is 2.36. The van der Waals surface area contributed by atoms with Crippen LogP contribution in [0.3, 0.4) is 0 Å². The third-order valence-electron chi connectivity index (χ3n) is 2.36. The first-order chi connectivity index (χ1) is 8.19. The molecule has 0 aliphatic heterocycles. The molecule has 17 heavy (non-hydrogen) atoms. The van der Waals surface area contributed by atoms with Crippen LogP contribution in [0.15, 0.2) is 18.2 Å². The number of unbranched alkanes of at least 4 members (excludes halogenated alkanes) is 2. The number of carboxylic acid groups (broad SMARTS) is 1. The highest BCUT2D eigenvalue weighted by Crippen LogP contribution is 2.17. The van der Waals surface area contributed by atoms with Gasteiger partial charge in [0.25, 0.3) is 0 Å². The second kappa shape index (κ2) is 6.54. The minimum Gasteiger partial charge on any atom is -0.494 e. The maximum atomic E-state index is 10.8. The van der Waals surface area contributed by atoms with Crippen molar-refractivity contribution < 1.29 is 14.6 Å². The van der Waals surface area contributed by atoms with Crippen molar-refractivity contribution in [3.05, 3.63) is 29.3 Å². The minimum absolute atomic E-state index is 0.00779. The molecule has 0 saturated heterocycles. The normalized spacial score (nSPS) is 9.65.